The third-order valence-corrected chi connectivity index (χ3v) is 6.19. The minimum absolute atomic E-state index is 0.0714. The number of rotatable bonds is 5. The van der Waals surface area contributed by atoms with Crippen LogP contribution in [0.1, 0.15) is 82.1 Å². The van der Waals surface area contributed by atoms with Crippen LogP contribution < -0.4 is 0 Å². The number of imide groups is 1. The maximum Gasteiger partial charge on any atom is 0.338 e. The molecule has 2 heterocycles. The molecular weight excluding hydrogens is 422 g/mol. The molecule has 0 saturated heterocycles. The summed E-state index contributed by atoms with van der Waals surface area (Å²) in [5.74, 6) is -0.763. The Morgan fingerprint density at radius 2 is 1.73 bits per heavy atom. The molecule has 1 saturated carbocycles. The van der Waals surface area contributed by atoms with Crippen LogP contribution in [0.4, 0.5) is 0 Å². The molecule has 5 rings (SSSR count). The topological polar surface area (TPSA) is 103 Å². The maximum atomic E-state index is 13.0. The highest BCUT2D eigenvalue weighted by atomic mass is 16.6. The summed E-state index contributed by atoms with van der Waals surface area (Å²) in [6.45, 7) is 1.63. The van der Waals surface area contributed by atoms with E-state index in [1.54, 1.807) is 6.92 Å². The third-order valence-electron chi connectivity index (χ3n) is 6.19. The highest BCUT2D eigenvalue weighted by Crippen LogP contribution is 2.32. The molecule has 2 aliphatic rings. The van der Waals surface area contributed by atoms with Crippen LogP contribution in [0.3, 0.4) is 0 Å². The van der Waals surface area contributed by atoms with Gasteiger partial charge in [0.15, 0.2) is 6.10 Å². The van der Waals surface area contributed by atoms with Gasteiger partial charge in [0.2, 0.25) is 5.89 Å². The highest BCUT2D eigenvalue weighted by Gasteiger charge is 2.40. The summed E-state index contributed by atoms with van der Waals surface area (Å²) in [5, 5.41) is 7.99. The molecule has 1 aromatic heterocycles. The minimum Gasteiger partial charge on any atom is -0.449 e. The van der Waals surface area contributed by atoms with E-state index in [0.29, 0.717) is 11.5 Å². The molecule has 8 heteroatoms. The lowest BCUT2D eigenvalue weighted by atomic mass is 9.94. The van der Waals surface area contributed by atoms with Crippen molar-refractivity contribution in [3.8, 4) is 11.5 Å². The Morgan fingerprint density at radius 3 is 2.48 bits per heavy atom. The second-order valence-corrected chi connectivity index (χ2v) is 8.39. The van der Waals surface area contributed by atoms with E-state index < -0.39 is 12.1 Å². The molecule has 0 spiro atoms. The van der Waals surface area contributed by atoms with Crippen LogP contribution in [0.5, 0.6) is 0 Å². The number of esters is 1. The molecule has 1 aliphatic heterocycles. The van der Waals surface area contributed by atoms with Gasteiger partial charge in [0.05, 0.1) is 16.7 Å². The smallest absolute Gasteiger partial charge is 0.338 e. The van der Waals surface area contributed by atoms with Crippen molar-refractivity contribution in [2.45, 2.75) is 51.2 Å². The number of carbonyl (C=O) groups is 3. The molecule has 2 aromatic carbocycles. The molecule has 8 nitrogen and oxygen atoms in total. The zero-order valence-electron chi connectivity index (χ0n) is 18.2. The van der Waals surface area contributed by atoms with E-state index in [-0.39, 0.29) is 34.9 Å². The zero-order valence-corrected chi connectivity index (χ0v) is 18.2. The lowest BCUT2D eigenvalue weighted by Crippen LogP contribution is -2.40. The number of hydrogen-bond donors (Lipinski definition) is 0. The summed E-state index contributed by atoms with van der Waals surface area (Å²) < 4.78 is 11.1. The standard InChI is InChI=1S/C25H23N3O5/c1-15(21-26-27-22(33-21)16-8-4-2-5-9-16)32-25(31)17-12-13-19-20(14-17)24(30)28(23(19)29)18-10-6-3-7-11-18/h2,4-5,8-9,12-15,18H,3,6-7,10-11H2,1H3. The summed E-state index contributed by atoms with van der Waals surface area (Å²) >= 11 is 0. The van der Waals surface area contributed by atoms with Crippen LogP contribution in [0.2, 0.25) is 0 Å². The van der Waals surface area contributed by atoms with E-state index in [1.165, 1.54) is 23.1 Å². The zero-order chi connectivity index (χ0) is 22.9. The summed E-state index contributed by atoms with van der Waals surface area (Å²) in [5.41, 5.74) is 1.53. The van der Waals surface area contributed by atoms with Crippen LogP contribution in [0.15, 0.2) is 52.9 Å². The Morgan fingerprint density at radius 1 is 1.00 bits per heavy atom. The molecule has 0 radical (unpaired) electrons. The van der Waals surface area contributed by atoms with Crippen molar-refractivity contribution in [1.82, 2.24) is 15.1 Å². The van der Waals surface area contributed by atoms with E-state index in [4.69, 9.17) is 9.15 Å². The van der Waals surface area contributed by atoms with Gasteiger partial charge in [-0.1, -0.05) is 37.5 Å². The lowest BCUT2D eigenvalue weighted by molar-refractivity contribution is 0.0279. The molecular formula is C25H23N3O5. The quantitative estimate of drug-likeness (QED) is 0.418. The van der Waals surface area contributed by atoms with Crippen LogP contribution in [-0.4, -0.2) is 38.9 Å². The van der Waals surface area contributed by atoms with Crippen molar-refractivity contribution >= 4 is 17.8 Å². The summed E-state index contributed by atoms with van der Waals surface area (Å²) in [4.78, 5) is 39.9. The van der Waals surface area contributed by atoms with E-state index in [1.807, 2.05) is 30.3 Å². The molecule has 33 heavy (non-hydrogen) atoms. The van der Waals surface area contributed by atoms with Gasteiger partial charge in [-0.15, -0.1) is 10.2 Å². The van der Waals surface area contributed by atoms with Gasteiger partial charge in [-0.2, -0.15) is 0 Å². The monoisotopic (exact) mass is 445 g/mol. The van der Waals surface area contributed by atoms with Gasteiger partial charge < -0.3 is 9.15 Å². The second kappa shape index (κ2) is 8.61. The van der Waals surface area contributed by atoms with Crippen LogP contribution in [-0.2, 0) is 4.74 Å². The SMILES string of the molecule is CC(OC(=O)c1ccc2c(c1)C(=O)N(C1CCCCC1)C2=O)c1nnc(-c2ccccc2)o1. The fraction of sp³-hybridized carbons (Fsp3) is 0.320. The number of carbonyl (C=O) groups excluding carboxylic acids is 3. The van der Waals surface area contributed by atoms with Crippen molar-refractivity contribution in [3.63, 3.8) is 0 Å². The predicted molar refractivity (Wildman–Crippen MR) is 117 cm³/mol. The fourth-order valence-electron chi connectivity index (χ4n) is 4.43. The normalized spacial score (nSPS) is 17.2. The fourth-order valence-corrected chi connectivity index (χ4v) is 4.43. The van der Waals surface area contributed by atoms with E-state index in [0.717, 1.165) is 37.7 Å². The molecule has 1 fully saturated rings. The Balaban J connectivity index is 1.31. The van der Waals surface area contributed by atoms with E-state index in [9.17, 15) is 14.4 Å². The molecule has 1 atom stereocenters. The first-order valence-electron chi connectivity index (χ1n) is 11.1. The van der Waals surface area contributed by atoms with E-state index in [2.05, 4.69) is 10.2 Å². The van der Waals surface area contributed by atoms with Crippen LogP contribution in [0.25, 0.3) is 11.5 Å². The first-order valence-corrected chi connectivity index (χ1v) is 11.1. The Hall–Kier alpha value is -3.81. The maximum absolute atomic E-state index is 13.0. The lowest BCUT2D eigenvalue weighted by Gasteiger charge is -2.29. The van der Waals surface area contributed by atoms with Crippen molar-refractivity contribution in [1.29, 1.82) is 0 Å². The van der Waals surface area contributed by atoms with Crippen molar-refractivity contribution in [2.75, 3.05) is 0 Å². The number of ether oxygens (including phenoxy) is 1. The molecule has 168 valence electrons. The number of fused-ring (bicyclic) bond motifs is 1. The number of benzene rings is 2. The molecule has 1 unspecified atom stereocenters. The van der Waals surface area contributed by atoms with Crippen molar-refractivity contribution in [3.05, 3.63) is 71.1 Å². The van der Waals surface area contributed by atoms with Gasteiger partial charge in [-0.25, -0.2) is 4.79 Å². The number of hydrogen-bond acceptors (Lipinski definition) is 7. The van der Waals surface area contributed by atoms with Crippen molar-refractivity contribution < 1.29 is 23.5 Å². The molecule has 1 aliphatic carbocycles. The Bertz CT molecular complexity index is 1210. The average molecular weight is 445 g/mol. The number of aromatic nitrogens is 2. The van der Waals surface area contributed by atoms with Gasteiger partial charge in [-0.3, -0.25) is 14.5 Å². The Labute approximate surface area is 190 Å². The molecule has 0 N–H and O–H groups in total. The molecule has 2 amide bonds. The predicted octanol–water partition coefficient (Wildman–Crippen LogP) is 4.58. The van der Waals surface area contributed by atoms with E-state index >= 15 is 0 Å². The second-order valence-electron chi connectivity index (χ2n) is 8.39. The summed E-state index contributed by atoms with van der Waals surface area (Å²) in [7, 11) is 0. The molecule has 0 bridgehead atoms. The third kappa shape index (κ3) is 3.92. The van der Waals surface area contributed by atoms with Crippen LogP contribution >= 0.6 is 0 Å². The number of amides is 2. The van der Waals surface area contributed by atoms with Crippen LogP contribution in [0, 0.1) is 0 Å². The molecule has 3 aromatic rings. The highest BCUT2D eigenvalue weighted by molar-refractivity contribution is 6.22. The first kappa shape index (κ1) is 21.1. The van der Waals surface area contributed by atoms with Gasteiger partial charge >= 0.3 is 5.97 Å². The largest absolute Gasteiger partial charge is 0.449 e. The number of nitrogens with zero attached hydrogens (tertiary/aromatic N) is 3. The van der Waals surface area contributed by atoms with Gasteiger partial charge in [-0.05, 0) is 50.1 Å². The summed E-state index contributed by atoms with van der Waals surface area (Å²) in [6.07, 6.45) is 4.01. The van der Waals surface area contributed by atoms with Gasteiger partial charge in [0.25, 0.3) is 17.7 Å². The average Bonchev–Trinajstić information content (AvgIpc) is 3.44. The van der Waals surface area contributed by atoms with Gasteiger partial charge in [0, 0.05) is 11.6 Å². The first-order chi connectivity index (χ1) is 16.0. The van der Waals surface area contributed by atoms with Crippen molar-refractivity contribution in [2.24, 2.45) is 0 Å². The Kier molecular flexibility index (Phi) is 5.50. The minimum atomic E-state index is -0.785. The summed E-state index contributed by atoms with van der Waals surface area (Å²) in [6, 6.07) is 13.7. The van der Waals surface area contributed by atoms with Gasteiger partial charge in [0.1, 0.15) is 0 Å².